The summed E-state index contributed by atoms with van der Waals surface area (Å²) in [5.41, 5.74) is 2.46. The van der Waals surface area contributed by atoms with E-state index < -0.39 is 33.1 Å². The lowest BCUT2D eigenvalue weighted by Crippen LogP contribution is -2.46. The standard InChI is InChI=1S/C25H31NO6S/c1-18-7-6-8-21(15-18)31-14-13-26-23(27)17-32-24(28)25(11-4-5-12-25)33(29,30)22-16-19(2)9-10-20(22)3/h6-10,15-16H,4-5,11-14,17H2,1-3H3,(H,26,27). The summed E-state index contributed by atoms with van der Waals surface area (Å²) >= 11 is 0. The average Bonchev–Trinajstić information content (AvgIpc) is 3.29. The van der Waals surface area contributed by atoms with E-state index in [1.807, 2.05) is 44.2 Å². The Morgan fingerprint density at radius 3 is 2.39 bits per heavy atom. The van der Waals surface area contributed by atoms with Gasteiger partial charge in [0.15, 0.2) is 21.2 Å². The van der Waals surface area contributed by atoms with Crippen molar-refractivity contribution in [3.05, 3.63) is 59.2 Å². The molecular formula is C25H31NO6S. The predicted octanol–water partition coefficient (Wildman–Crippen LogP) is 3.44. The Hall–Kier alpha value is -2.87. The zero-order chi connectivity index (χ0) is 24.1. The van der Waals surface area contributed by atoms with Crippen LogP contribution >= 0.6 is 0 Å². The molecule has 0 radical (unpaired) electrons. The molecular weight excluding hydrogens is 442 g/mol. The third kappa shape index (κ3) is 5.55. The number of aryl methyl sites for hydroxylation is 3. The first-order valence-electron chi connectivity index (χ1n) is 11.1. The Bertz CT molecular complexity index is 1120. The van der Waals surface area contributed by atoms with E-state index in [1.54, 1.807) is 19.1 Å². The molecule has 0 spiro atoms. The van der Waals surface area contributed by atoms with Crippen LogP contribution in [0.25, 0.3) is 0 Å². The van der Waals surface area contributed by atoms with Crippen LogP contribution in [0.4, 0.5) is 0 Å². The van der Waals surface area contributed by atoms with Gasteiger partial charge in [-0.1, -0.05) is 37.1 Å². The van der Waals surface area contributed by atoms with Gasteiger partial charge < -0.3 is 14.8 Å². The average molecular weight is 474 g/mol. The van der Waals surface area contributed by atoms with Crippen molar-refractivity contribution in [3.8, 4) is 5.75 Å². The molecule has 1 N–H and O–H groups in total. The summed E-state index contributed by atoms with van der Waals surface area (Å²) < 4.78 is 36.3. The van der Waals surface area contributed by atoms with Crippen LogP contribution in [0.2, 0.25) is 0 Å². The van der Waals surface area contributed by atoms with Crippen LogP contribution in [0.5, 0.6) is 5.75 Å². The number of carbonyl (C=O) groups is 2. The first-order chi connectivity index (χ1) is 15.7. The molecule has 0 bridgehead atoms. The zero-order valence-corrected chi connectivity index (χ0v) is 20.2. The Balaban J connectivity index is 1.59. The fraction of sp³-hybridized carbons (Fsp3) is 0.440. The number of sulfone groups is 1. The molecule has 3 rings (SSSR count). The number of amides is 1. The first-order valence-corrected chi connectivity index (χ1v) is 12.6. The van der Waals surface area contributed by atoms with Gasteiger partial charge in [0.25, 0.3) is 5.91 Å². The van der Waals surface area contributed by atoms with Crippen LogP contribution in [0.1, 0.15) is 42.4 Å². The molecule has 0 atom stereocenters. The van der Waals surface area contributed by atoms with Crippen molar-refractivity contribution in [2.75, 3.05) is 19.8 Å². The first kappa shape index (κ1) is 24.8. The number of hydrogen-bond acceptors (Lipinski definition) is 6. The van der Waals surface area contributed by atoms with Crippen LogP contribution in [-0.4, -0.2) is 44.8 Å². The van der Waals surface area contributed by atoms with E-state index in [1.165, 1.54) is 0 Å². The van der Waals surface area contributed by atoms with E-state index in [0.29, 0.717) is 24.2 Å². The second-order valence-corrected chi connectivity index (χ2v) is 10.8. The highest BCUT2D eigenvalue weighted by Crippen LogP contribution is 2.42. The van der Waals surface area contributed by atoms with Crippen LogP contribution in [-0.2, 0) is 24.2 Å². The van der Waals surface area contributed by atoms with Gasteiger partial charge in [-0.25, -0.2) is 8.42 Å². The minimum Gasteiger partial charge on any atom is -0.492 e. The lowest BCUT2D eigenvalue weighted by Gasteiger charge is -2.27. The molecule has 33 heavy (non-hydrogen) atoms. The van der Waals surface area contributed by atoms with Gasteiger partial charge in [0, 0.05) is 0 Å². The molecule has 1 aliphatic carbocycles. The lowest BCUT2D eigenvalue weighted by atomic mass is 10.1. The van der Waals surface area contributed by atoms with Gasteiger partial charge in [-0.05, 0) is 68.5 Å². The molecule has 1 aliphatic rings. The molecule has 0 aromatic heterocycles. The van der Waals surface area contributed by atoms with Crippen molar-refractivity contribution < 1.29 is 27.5 Å². The summed E-state index contributed by atoms with van der Waals surface area (Å²) in [5, 5.41) is 2.62. The highest BCUT2D eigenvalue weighted by atomic mass is 32.2. The van der Waals surface area contributed by atoms with E-state index in [0.717, 1.165) is 11.1 Å². The number of nitrogens with one attached hydrogen (secondary N) is 1. The van der Waals surface area contributed by atoms with Crippen LogP contribution in [0, 0.1) is 20.8 Å². The minimum absolute atomic E-state index is 0.152. The maximum absolute atomic E-state index is 13.6. The highest BCUT2D eigenvalue weighted by molar-refractivity contribution is 7.93. The summed E-state index contributed by atoms with van der Waals surface area (Å²) in [7, 11) is -3.98. The molecule has 0 heterocycles. The maximum atomic E-state index is 13.6. The molecule has 2 aromatic rings. The van der Waals surface area contributed by atoms with Crippen LogP contribution in [0.3, 0.4) is 0 Å². The third-order valence-corrected chi connectivity index (χ3v) is 8.57. The number of rotatable bonds is 9. The van der Waals surface area contributed by atoms with Gasteiger partial charge in [-0.2, -0.15) is 0 Å². The molecule has 178 valence electrons. The quantitative estimate of drug-likeness (QED) is 0.443. The fourth-order valence-corrected chi connectivity index (χ4v) is 6.47. The van der Waals surface area contributed by atoms with E-state index in [-0.39, 0.29) is 30.9 Å². The summed E-state index contributed by atoms with van der Waals surface area (Å²) in [6, 6.07) is 12.7. The Kier molecular flexibility index (Phi) is 7.79. The second kappa shape index (κ2) is 10.4. The third-order valence-electron chi connectivity index (χ3n) is 5.95. The molecule has 1 amide bonds. The van der Waals surface area contributed by atoms with Gasteiger partial charge >= 0.3 is 5.97 Å². The summed E-state index contributed by atoms with van der Waals surface area (Å²) in [5.74, 6) is -0.656. The van der Waals surface area contributed by atoms with E-state index in [9.17, 15) is 18.0 Å². The summed E-state index contributed by atoms with van der Waals surface area (Å²) in [4.78, 5) is 25.3. The van der Waals surface area contributed by atoms with Gasteiger partial charge in [0.05, 0.1) is 11.4 Å². The number of esters is 1. The lowest BCUT2D eigenvalue weighted by molar-refractivity contribution is -0.151. The molecule has 0 aliphatic heterocycles. The molecule has 8 heteroatoms. The van der Waals surface area contributed by atoms with E-state index in [2.05, 4.69) is 5.32 Å². The van der Waals surface area contributed by atoms with Crippen molar-refractivity contribution in [1.29, 1.82) is 0 Å². The highest BCUT2D eigenvalue weighted by Gasteiger charge is 2.54. The number of carbonyl (C=O) groups excluding carboxylic acids is 2. The van der Waals surface area contributed by atoms with Crippen LogP contribution < -0.4 is 10.1 Å². The van der Waals surface area contributed by atoms with Crippen molar-refractivity contribution in [1.82, 2.24) is 5.32 Å². The van der Waals surface area contributed by atoms with E-state index >= 15 is 0 Å². The Morgan fingerprint density at radius 1 is 1.00 bits per heavy atom. The van der Waals surface area contributed by atoms with Crippen molar-refractivity contribution >= 4 is 21.7 Å². The predicted molar refractivity (Wildman–Crippen MR) is 125 cm³/mol. The van der Waals surface area contributed by atoms with Crippen molar-refractivity contribution in [2.24, 2.45) is 0 Å². The minimum atomic E-state index is -3.98. The van der Waals surface area contributed by atoms with Crippen molar-refractivity contribution in [2.45, 2.75) is 56.1 Å². The topological polar surface area (TPSA) is 98.8 Å². The molecule has 0 unspecified atom stereocenters. The molecule has 0 saturated heterocycles. The van der Waals surface area contributed by atoms with Gasteiger partial charge in [-0.3, -0.25) is 9.59 Å². The number of ether oxygens (including phenoxy) is 2. The zero-order valence-electron chi connectivity index (χ0n) is 19.3. The number of benzene rings is 2. The summed E-state index contributed by atoms with van der Waals surface area (Å²) in [6.45, 7) is 5.44. The summed E-state index contributed by atoms with van der Waals surface area (Å²) in [6.07, 6.45) is 1.60. The Morgan fingerprint density at radius 2 is 1.70 bits per heavy atom. The molecule has 2 aromatic carbocycles. The SMILES string of the molecule is Cc1cccc(OCCNC(=O)COC(=O)C2(S(=O)(=O)c3cc(C)ccc3C)CCCC2)c1. The Labute approximate surface area is 195 Å². The molecule has 1 fully saturated rings. The van der Waals surface area contributed by atoms with Gasteiger partial charge in [0.2, 0.25) is 0 Å². The molecule has 7 nitrogen and oxygen atoms in total. The molecule has 1 saturated carbocycles. The van der Waals surface area contributed by atoms with Gasteiger partial charge in [-0.15, -0.1) is 0 Å². The smallest absolute Gasteiger partial charge is 0.328 e. The number of hydrogen-bond donors (Lipinski definition) is 1. The van der Waals surface area contributed by atoms with Crippen LogP contribution in [0.15, 0.2) is 47.4 Å². The van der Waals surface area contributed by atoms with Crippen molar-refractivity contribution in [3.63, 3.8) is 0 Å². The normalized spacial score (nSPS) is 15.1. The maximum Gasteiger partial charge on any atom is 0.328 e. The van der Waals surface area contributed by atoms with E-state index in [4.69, 9.17) is 9.47 Å². The monoisotopic (exact) mass is 473 g/mol. The fourth-order valence-electron chi connectivity index (χ4n) is 4.11. The van der Waals surface area contributed by atoms with Gasteiger partial charge in [0.1, 0.15) is 12.4 Å². The largest absolute Gasteiger partial charge is 0.492 e. The second-order valence-electron chi connectivity index (χ2n) is 8.56.